The highest BCUT2D eigenvalue weighted by atomic mass is 15.2. The number of nitrogens with zero attached hydrogens (tertiary/aromatic N) is 1. The summed E-state index contributed by atoms with van der Waals surface area (Å²) >= 11 is 0. The molecule has 0 saturated heterocycles. The Morgan fingerprint density at radius 3 is 1.45 bits per heavy atom. The van der Waals surface area contributed by atoms with Gasteiger partial charge in [0.05, 0.1) is 0 Å². The van der Waals surface area contributed by atoms with Crippen LogP contribution >= 0.6 is 0 Å². The van der Waals surface area contributed by atoms with Gasteiger partial charge < -0.3 is 16.0 Å². The molecular weight excluding hydrogens is 536 g/mol. The molecule has 5 atom stereocenters. The lowest BCUT2D eigenvalue weighted by Gasteiger charge is -2.30. The van der Waals surface area contributed by atoms with E-state index >= 15 is 0 Å². The fraction of sp³-hybridized carbons (Fsp3) is 0.800. The van der Waals surface area contributed by atoms with Crippen LogP contribution in [0.3, 0.4) is 0 Å². The summed E-state index contributed by atoms with van der Waals surface area (Å²) in [7, 11) is 0. The summed E-state index contributed by atoms with van der Waals surface area (Å²) in [6, 6.07) is 3.81. The molecular formula is C40H76N4. The van der Waals surface area contributed by atoms with Gasteiger partial charge in [-0.1, -0.05) is 145 Å². The molecule has 0 bridgehead atoms. The molecule has 4 heterocycles. The van der Waals surface area contributed by atoms with Crippen molar-refractivity contribution in [2.45, 2.75) is 147 Å². The number of hydrogen-bond acceptors (Lipinski definition) is 4. The van der Waals surface area contributed by atoms with Gasteiger partial charge in [-0.2, -0.15) is 0 Å². The maximum Gasteiger partial charge on any atom is 0.0308 e. The van der Waals surface area contributed by atoms with Gasteiger partial charge in [0, 0.05) is 55.9 Å². The lowest BCUT2D eigenvalue weighted by Crippen LogP contribution is -2.38. The fourth-order valence-electron chi connectivity index (χ4n) is 6.29. The third kappa shape index (κ3) is 13.7. The lowest BCUT2D eigenvalue weighted by atomic mass is 9.90. The molecule has 3 N–H and O–H groups in total. The molecule has 0 aliphatic carbocycles. The average Bonchev–Trinajstić information content (AvgIpc) is 3.75. The molecule has 0 fully saturated rings. The summed E-state index contributed by atoms with van der Waals surface area (Å²) < 4.78 is 0. The molecule has 256 valence electrons. The van der Waals surface area contributed by atoms with Gasteiger partial charge in [0.1, 0.15) is 0 Å². The molecule has 4 aliphatic rings. The topological polar surface area (TPSA) is 39.3 Å². The van der Waals surface area contributed by atoms with Crippen molar-refractivity contribution < 1.29 is 0 Å². The van der Waals surface area contributed by atoms with Crippen LogP contribution in [-0.4, -0.2) is 60.8 Å². The Kier molecular flexibility index (Phi) is 18.7. The van der Waals surface area contributed by atoms with Crippen molar-refractivity contribution in [1.29, 1.82) is 0 Å². The predicted octanol–water partition coefficient (Wildman–Crippen LogP) is 8.88. The maximum absolute atomic E-state index is 3.58. The van der Waals surface area contributed by atoms with Crippen molar-refractivity contribution in [1.82, 2.24) is 20.9 Å². The van der Waals surface area contributed by atoms with E-state index in [1.54, 1.807) is 11.1 Å². The normalized spacial score (nSPS) is 26.6. The molecule has 0 saturated carbocycles. The van der Waals surface area contributed by atoms with Gasteiger partial charge in [0.15, 0.2) is 0 Å². The summed E-state index contributed by atoms with van der Waals surface area (Å²) in [6.45, 7) is 39.6. The van der Waals surface area contributed by atoms with E-state index < -0.39 is 0 Å². The third-order valence-electron chi connectivity index (χ3n) is 9.49. The zero-order valence-corrected chi connectivity index (χ0v) is 32.0. The Morgan fingerprint density at radius 1 is 0.614 bits per heavy atom. The largest absolute Gasteiger partial charge is 0.307 e. The first-order valence-electron chi connectivity index (χ1n) is 18.2. The van der Waals surface area contributed by atoms with Crippen LogP contribution in [0.5, 0.6) is 0 Å². The zero-order valence-electron chi connectivity index (χ0n) is 32.0. The van der Waals surface area contributed by atoms with Crippen LogP contribution in [0, 0.1) is 41.4 Å². The van der Waals surface area contributed by atoms with Gasteiger partial charge in [-0.05, 0) is 55.3 Å². The van der Waals surface area contributed by atoms with Crippen LogP contribution in [0.1, 0.15) is 111 Å². The van der Waals surface area contributed by atoms with Gasteiger partial charge in [0.25, 0.3) is 0 Å². The van der Waals surface area contributed by atoms with Gasteiger partial charge in [-0.3, -0.25) is 4.90 Å². The van der Waals surface area contributed by atoms with Gasteiger partial charge >= 0.3 is 0 Å². The first-order chi connectivity index (χ1) is 20.5. The second kappa shape index (κ2) is 20.1. The third-order valence-corrected chi connectivity index (χ3v) is 9.49. The van der Waals surface area contributed by atoms with Crippen molar-refractivity contribution >= 4 is 0 Å². The van der Waals surface area contributed by atoms with Crippen molar-refractivity contribution in [3.8, 4) is 0 Å². The molecule has 4 aliphatic heterocycles. The maximum atomic E-state index is 3.58. The first-order valence-corrected chi connectivity index (χ1v) is 18.2. The Balaban J connectivity index is 0.000000293. The number of hydrogen-bond donors (Lipinski definition) is 3. The minimum Gasteiger partial charge on any atom is -0.307 e. The van der Waals surface area contributed by atoms with E-state index in [4.69, 9.17) is 0 Å². The smallest absolute Gasteiger partial charge is 0.0308 e. The highest BCUT2D eigenvalue weighted by molar-refractivity contribution is 5.20. The van der Waals surface area contributed by atoms with Crippen LogP contribution in [0.25, 0.3) is 0 Å². The Labute approximate surface area is 276 Å². The minimum absolute atomic E-state index is 0.599. The van der Waals surface area contributed by atoms with Crippen LogP contribution in [0.4, 0.5) is 0 Å². The molecule has 0 aromatic heterocycles. The molecule has 0 aromatic rings. The summed E-state index contributed by atoms with van der Waals surface area (Å²) in [5, 5.41) is 10.6. The number of nitrogens with one attached hydrogen (secondary N) is 3. The molecule has 0 radical (unpaired) electrons. The van der Waals surface area contributed by atoms with E-state index in [9.17, 15) is 0 Å². The van der Waals surface area contributed by atoms with Gasteiger partial charge in [-0.25, -0.2) is 0 Å². The minimum atomic E-state index is 0.599. The van der Waals surface area contributed by atoms with Crippen LogP contribution in [-0.2, 0) is 0 Å². The number of rotatable bonds is 8. The standard InChI is InChI=1S/4C10H19N/c1-7(2)9-5-10(8(3)4)11-6-9;1-8(2)10-6-5-7-11(10)9(3)4;1-7(2)9-5-6-11-10(9)8(3)4;1-7(2)9-5-6-10(11-9)8(3)4/h5,7-8,10-11H,6H2,1-4H3;5-6,8-10H,7H2,1-4H3;5,7-8,10-11H,6H2,1-4H3;5-11H,1-4H3. The van der Waals surface area contributed by atoms with E-state index in [0.29, 0.717) is 48.1 Å². The Hall–Kier alpha value is -1.20. The molecule has 4 rings (SSSR count). The molecule has 0 aromatic carbocycles. The summed E-state index contributed by atoms with van der Waals surface area (Å²) in [5.74, 6) is 5.06. The summed E-state index contributed by atoms with van der Waals surface area (Å²) in [5.41, 5.74) is 3.17. The zero-order chi connectivity index (χ0) is 33.7. The second-order valence-electron chi connectivity index (χ2n) is 16.1. The van der Waals surface area contributed by atoms with Crippen molar-refractivity contribution in [2.75, 3.05) is 19.6 Å². The van der Waals surface area contributed by atoms with E-state index in [1.165, 1.54) is 0 Å². The molecule has 0 spiro atoms. The van der Waals surface area contributed by atoms with Crippen molar-refractivity contribution in [2.24, 2.45) is 41.4 Å². The molecule has 0 amide bonds. The quantitative estimate of drug-likeness (QED) is 0.239. The lowest BCUT2D eigenvalue weighted by molar-refractivity contribution is 0.183. The second-order valence-corrected chi connectivity index (χ2v) is 16.1. The van der Waals surface area contributed by atoms with Gasteiger partial charge in [0.2, 0.25) is 0 Å². The Bertz CT molecular complexity index is 880. The molecule has 4 heteroatoms. The fourth-order valence-corrected chi connectivity index (χ4v) is 6.29. The van der Waals surface area contributed by atoms with Crippen LogP contribution < -0.4 is 16.0 Å². The van der Waals surface area contributed by atoms with E-state index in [-0.39, 0.29) is 0 Å². The van der Waals surface area contributed by atoms with Crippen LogP contribution in [0.15, 0.2) is 47.6 Å². The van der Waals surface area contributed by atoms with Crippen molar-refractivity contribution in [3.63, 3.8) is 0 Å². The highest BCUT2D eigenvalue weighted by Gasteiger charge is 2.25. The SMILES string of the molecule is CC(C)C1=CC(C(C)C)NC1.CC(C)C1=CCNC1C(C)C.CC(C)C1C=CC(C(C)C)N1.CC(C)C1C=CCN1C(C)C. The highest BCUT2D eigenvalue weighted by Crippen LogP contribution is 2.23. The van der Waals surface area contributed by atoms with E-state index in [1.807, 2.05) is 0 Å². The van der Waals surface area contributed by atoms with E-state index in [0.717, 1.165) is 49.2 Å². The van der Waals surface area contributed by atoms with Crippen molar-refractivity contribution in [3.05, 3.63) is 47.6 Å². The monoisotopic (exact) mass is 613 g/mol. The molecule has 4 nitrogen and oxygen atoms in total. The molecule has 44 heavy (non-hydrogen) atoms. The predicted molar refractivity (Wildman–Crippen MR) is 198 cm³/mol. The Morgan fingerprint density at radius 2 is 1.16 bits per heavy atom. The first kappa shape index (κ1) is 40.8. The van der Waals surface area contributed by atoms with Crippen LogP contribution in [0.2, 0.25) is 0 Å². The summed E-state index contributed by atoms with van der Waals surface area (Å²) in [4.78, 5) is 2.53. The average molecular weight is 613 g/mol. The molecule has 5 unspecified atom stereocenters. The van der Waals surface area contributed by atoms with E-state index in [2.05, 4.69) is 168 Å². The van der Waals surface area contributed by atoms with Gasteiger partial charge in [-0.15, -0.1) is 0 Å². The summed E-state index contributed by atoms with van der Waals surface area (Å²) in [6.07, 6.45) is 14.0.